The average molecular weight is 262 g/mol. The number of piperazine rings is 1. The van der Waals surface area contributed by atoms with Gasteiger partial charge in [-0.2, -0.15) is 0 Å². The van der Waals surface area contributed by atoms with E-state index in [0.717, 1.165) is 32.7 Å². The molecule has 5 heteroatoms. The van der Waals surface area contributed by atoms with Crippen LogP contribution in [0.25, 0.3) is 0 Å². The SMILES string of the molecule is CN1CCN(CCNC(=O)c2cccc(N)c2)CC1. The highest BCUT2D eigenvalue weighted by Gasteiger charge is 2.13. The van der Waals surface area contributed by atoms with Crippen LogP contribution in [0.15, 0.2) is 24.3 Å². The quantitative estimate of drug-likeness (QED) is 0.763. The van der Waals surface area contributed by atoms with Crippen LogP contribution >= 0.6 is 0 Å². The molecule has 0 bridgehead atoms. The fourth-order valence-electron chi connectivity index (χ4n) is 2.18. The van der Waals surface area contributed by atoms with Crippen molar-refractivity contribution in [1.82, 2.24) is 15.1 Å². The Hall–Kier alpha value is -1.59. The number of anilines is 1. The number of carbonyl (C=O) groups is 1. The third-order valence-electron chi connectivity index (χ3n) is 3.46. The number of nitrogens with one attached hydrogen (secondary N) is 1. The van der Waals surface area contributed by atoms with E-state index < -0.39 is 0 Å². The number of rotatable bonds is 4. The van der Waals surface area contributed by atoms with Crippen LogP contribution in [0.1, 0.15) is 10.4 Å². The van der Waals surface area contributed by atoms with Crippen molar-refractivity contribution in [3.05, 3.63) is 29.8 Å². The van der Waals surface area contributed by atoms with Crippen molar-refractivity contribution >= 4 is 11.6 Å². The molecule has 1 fully saturated rings. The van der Waals surface area contributed by atoms with E-state index in [-0.39, 0.29) is 5.91 Å². The molecule has 1 heterocycles. The molecule has 104 valence electrons. The molecule has 19 heavy (non-hydrogen) atoms. The van der Waals surface area contributed by atoms with Gasteiger partial charge in [0.25, 0.3) is 5.91 Å². The number of hydrogen-bond acceptors (Lipinski definition) is 4. The number of amides is 1. The summed E-state index contributed by atoms with van der Waals surface area (Å²) in [5, 5.41) is 2.93. The van der Waals surface area contributed by atoms with Gasteiger partial charge in [0.15, 0.2) is 0 Å². The minimum atomic E-state index is -0.0542. The molecule has 0 radical (unpaired) electrons. The van der Waals surface area contributed by atoms with Gasteiger partial charge in [0.1, 0.15) is 0 Å². The summed E-state index contributed by atoms with van der Waals surface area (Å²) in [4.78, 5) is 16.6. The second kappa shape index (κ2) is 6.54. The summed E-state index contributed by atoms with van der Waals surface area (Å²) in [6.45, 7) is 5.93. The first-order chi connectivity index (χ1) is 9.15. The van der Waals surface area contributed by atoms with Gasteiger partial charge in [-0.1, -0.05) is 6.07 Å². The Kier molecular flexibility index (Phi) is 4.76. The van der Waals surface area contributed by atoms with Crippen LogP contribution in [0.2, 0.25) is 0 Å². The largest absolute Gasteiger partial charge is 0.399 e. The maximum absolute atomic E-state index is 11.9. The molecule has 5 nitrogen and oxygen atoms in total. The van der Waals surface area contributed by atoms with Gasteiger partial charge in [-0.15, -0.1) is 0 Å². The number of nitrogen functional groups attached to an aromatic ring is 1. The minimum Gasteiger partial charge on any atom is -0.399 e. The predicted octanol–water partition coefficient (Wildman–Crippen LogP) is 0.246. The average Bonchev–Trinajstić information content (AvgIpc) is 2.41. The van der Waals surface area contributed by atoms with Crippen LogP contribution in [0, 0.1) is 0 Å². The molecular weight excluding hydrogens is 240 g/mol. The van der Waals surface area contributed by atoms with E-state index in [2.05, 4.69) is 22.2 Å². The standard InChI is InChI=1S/C14H22N4O/c1-17-7-9-18(10-8-17)6-5-16-14(19)12-3-2-4-13(15)11-12/h2-4,11H,5-10,15H2,1H3,(H,16,19). The number of nitrogens with two attached hydrogens (primary N) is 1. The van der Waals surface area contributed by atoms with Crippen molar-refractivity contribution in [1.29, 1.82) is 0 Å². The van der Waals surface area contributed by atoms with Crippen molar-refractivity contribution in [3.63, 3.8) is 0 Å². The van der Waals surface area contributed by atoms with Crippen molar-refractivity contribution in [2.24, 2.45) is 0 Å². The Morgan fingerprint density at radius 2 is 2.05 bits per heavy atom. The summed E-state index contributed by atoms with van der Waals surface area (Å²) in [7, 11) is 2.14. The fourth-order valence-corrected chi connectivity index (χ4v) is 2.18. The first-order valence-electron chi connectivity index (χ1n) is 6.70. The maximum atomic E-state index is 11.9. The molecule has 1 aliphatic rings. The lowest BCUT2D eigenvalue weighted by Crippen LogP contribution is -2.46. The van der Waals surface area contributed by atoms with Crippen molar-refractivity contribution < 1.29 is 4.79 Å². The zero-order valence-electron chi connectivity index (χ0n) is 11.4. The molecule has 0 atom stereocenters. The van der Waals surface area contributed by atoms with E-state index >= 15 is 0 Å². The van der Waals surface area contributed by atoms with E-state index in [0.29, 0.717) is 17.8 Å². The predicted molar refractivity (Wildman–Crippen MR) is 77.1 cm³/mol. The first-order valence-corrected chi connectivity index (χ1v) is 6.70. The van der Waals surface area contributed by atoms with Crippen LogP contribution in [0.4, 0.5) is 5.69 Å². The second-order valence-electron chi connectivity index (χ2n) is 5.03. The van der Waals surface area contributed by atoms with Gasteiger partial charge in [0.2, 0.25) is 0 Å². The lowest BCUT2D eigenvalue weighted by Gasteiger charge is -2.32. The Morgan fingerprint density at radius 3 is 2.74 bits per heavy atom. The molecule has 3 N–H and O–H groups in total. The van der Waals surface area contributed by atoms with Crippen LogP contribution < -0.4 is 11.1 Å². The van der Waals surface area contributed by atoms with Crippen LogP contribution in [0.5, 0.6) is 0 Å². The highest BCUT2D eigenvalue weighted by atomic mass is 16.1. The second-order valence-corrected chi connectivity index (χ2v) is 5.03. The van der Waals surface area contributed by atoms with E-state index in [1.165, 1.54) is 0 Å². The lowest BCUT2D eigenvalue weighted by atomic mass is 10.2. The monoisotopic (exact) mass is 262 g/mol. The molecule has 0 spiro atoms. The van der Waals surface area contributed by atoms with Gasteiger partial charge >= 0.3 is 0 Å². The van der Waals surface area contributed by atoms with E-state index in [9.17, 15) is 4.79 Å². The normalized spacial score (nSPS) is 17.3. The number of hydrogen-bond donors (Lipinski definition) is 2. The van der Waals surface area contributed by atoms with Gasteiger partial charge in [-0.25, -0.2) is 0 Å². The van der Waals surface area contributed by atoms with Crippen LogP contribution in [-0.2, 0) is 0 Å². The number of carbonyl (C=O) groups excluding carboxylic acids is 1. The fraction of sp³-hybridized carbons (Fsp3) is 0.500. The summed E-state index contributed by atoms with van der Waals surface area (Å²) < 4.78 is 0. The Balaban J connectivity index is 1.72. The molecule has 1 aromatic carbocycles. The molecule has 1 aliphatic heterocycles. The molecule has 1 saturated heterocycles. The molecule has 0 aliphatic carbocycles. The van der Waals surface area contributed by atoms with Gasteiger partial charge < -0.3 is 16.0 Å². The Labute approximate surface area is 114 Å². The zero-order valence-corrected chi connectivity index (χ0v) is 11.4. The van der Waals surface area contributed by atoms with Crippen molar-refractivity contribution in [2.45, 2.75) is 0 Å². The molecule has 0 unspecified atom stereocenters. The number of benzene rings is 1. The Morgan fingerprint density at radius 1 is 1.32 bits per heavy atom. The summed E-state index contributed by atoms with van der Waals surface area (Å²) >= 11 is 0. The van der Waals surface area contributed by atoms with E-state index in [4.69, 9.17) is 5.73 Å². The first kappa shape index (κ1) is 13.8. The zero-order chi connectivity index (χ0) is 13.7. The molecule has 0 aromatic heterocycles. The summed E-state index contributed by atoms with van der Waals surface area (Å²) in [5.41, 5.74) is 6.90. The van der Waals surface area contributed by atoms with Crippen molar-refractivity contribution in [2.75, 3.05) is 52.0 Å². The molecule has 2 rings (SSSR count). The van der Waals surface area contributed by atoms with Crippen molar-refractivity contribution in [3.8, 4) is 0 Å². The summed E-state index contributed by atoms with van der Waals surface area (Å²) in [6.07, 6.45) is 0. The van der Waals surface area contributed by atoms with Gasteiger partial charge in [0.05, 0.1) is 0 Å². The van der Waals surface area contributed by atoms with Gasteiger partial charge in [-0.05, 0) is 25.2 Å². The smallest absolute Gasteiger partial charge is 0.251 e. The van der Waals surface area contributed by atoms with E-state index in [1.54, 1.807) is 24.3 Å². The molecular formula is C14H22N4O. The minimum absolute atomic E-state index is 0.0542. The third kappa shape index (κ3) is 4.22. The van der Waals surface area contributed by atoms with E-state index in [1.807, 2.05) is 0 Å². The number of likely N-dealkylation sites (N-methyl/N-ethyl adjacent to an activating group) is 1. The third-order valence-corrected chi connectivity index (χ3v) is 3.46. The highest BCUT2D eigenvalue weighted by molar-refractivity contribution is 5.94. The maximum Gasteiger partial charge on any atom is 0.251 e. The highest BCUT2D eigenvalue weighted by Crippen LogP contribution is 2.06. The molecule has 1 aromatic rings. The lowest BCUT2D eigenvalue weighted by molar-refractivity contribution is 0.0941. The summed E-state index contributed by atoms with van der Waals surface area (Å²) in [5.74, 6) is -0.0542. The molecule has 1 amide bonds. The van der Waals surface area contributed by atoms with Crippen LogP contribution in [0.3, 0.4) is 0 Å². The molecule has 0 saturated carbocycles. The van der Waals surface area contributed by atoms with Crippen LogP contribution in [-0.4, -0.2) is 62.0 Å². The summed E-state index contributed by atoms with van der Waals surface area (Å²) in [6, 6.07) is 7.05. The van der Waals surface area contributed by atoms with Gasteiger partial charge in [-0.3, -0.25) is 9.69 Å². The number of nitrogens with zero attached hydrogens (tertiary/aromatic N) is 2. The topological polar surface area (TPSA) is 61.6 Å². The van der Waals surface area contributed by atoms with Gasteiger partial charge in [0, 0.05) is 50.5 Å². The Bertz CT molecular complexity index is 427.